The molecule has 162 valence electrons. The average Bonchev–Trinajstić information content (AvgIpc) is 3.21. The van der Waals surface area contributed by atoms with Gasteiger partial charge in [0.1, 0.15) is 0 Å². The number of morpholine rings is 1. The van der Waals surface area contributed by atoms with Gasteiger partial charge >= 0.3 is 0 Å². The summed E-state index contributed by atoms with van der Waals surface area (Å²) in [5.74, 6) is 1.55. The summed E-state index contributed by atoms with van der Waals surface area (Å²) in [6.45, 7) is 11.0. The number of hydrogen-bond acceptors (Lipinski definition) is 3. The van der Waals surface area contributed by atoms with Crippen LogP contribution in [0.25, 0.3) is 0 Å². The molecule has 0 aromatic heterocycles. The number of guanidine groups is 1. The standard InChI is InChI=1S/C21H38N4O2.HI/c1-3-21(9-5-6-10-21)17-23-20(22-4-2)25-11-7-18(8-12-25)19(26)24-13-15-27-16-14-24;/h18H,3-17H2,1-2H3,(H,22,23);1H. The summed E-state index contributed by atoms with van der Waals surface area (Å²) in [5.41, 5.74) is 0.422. The third-order valence-corrected chi connectivity index (χ3v) is 6.78. The lowest BCUT2D eigenvalue weighted by Gasteiger charge is -2.37. The summed E-state index contributed by atoms with van der Waals surface area (Å²) in [7, 11) is 0. The number of aliphatic imine (C=N–C) groups is 1. The van der Waals surface area contributed by atoms with E-state index in [2.05, 4.69) is 24.1 Å². The fourth-order valence-electron chi connectivity index (χ4n) is 4.80. The van der Waals surface area contributed by atoms with E-state index in [-0.39, 0.29) is 29.9 Å². The smallest absolute Gasteiger partial charge is 0.225 e. The van der Waals surface area contributed by atoms with Crippen LogP contribution in [0.1, 0.15) is 58.8 Å². The Morgan fingerprint density at radius 1 is 1.07 bits per heavy atom. The Hall–Kier alpha value is -0.570. The van der Waals surface area contributed by atoms with E-state index < -0.39 is 0 Å². The molecule has 0 spiro atoms. The van der Waals surface area contributed by atoms with Crippen molar-refractivity contribution in [2.75, 3.05) is 52.5 Å². The summed E-state index contributed by atoms with van der Waals surface area (Å²) >= 11 is 0. The monoisotopic (exact) mass is 506 g/mol. The first kappa shape index (κ1) is 23.7. The van der Waals surface area contributed by atoms with E-state index in [1.165, 1.54) is 32.1 Å². The van der Waals surface area contributed by atoms with Gasteiger partial charge in [0.25, 0.3) is 0 Å². The lowest BCUT2D eigenvalue weighted by Crippen LogP contribution is -2.50. The Morgan fingerprint density at radius 2 is 1.71 bits per heavy atom. The molecule has 6 nitrogen and oxygen atoms in total. The zero-order chi connectivity index (χ0) is 19.1. The molecule has 2 saturated heterocycles. The molecule has 1 aliphatic carbocycles. The van der Waals surface area contributed by atoms with Crippen molar-refractivity contribution in [1.82, 2.24) is 15.1 Å². The molecule has 3 fully saturated rings. The highest BCUT2D eigenvalue weighted by Gasteiger charge is 2.33. The minimum absolute atomic E-state index is 0. The van der Waals surface area contributed by atoms with E-state index in [0.717, 1.165) is 58.1 Å². The van der Waals surface area contributed by atoms with Gasteiger partial charge < -0.3 is 19.9 Å². The third kappa shape index (κ3) is 5.97. The number of piperidine rings is 1. The molecular weight excluding hydrogens is 467 g/mol. The maximum absolute atomic E-state index is 12.7. The van der Waals surface area contributed by atoms with Gasteiger partial charge in [0.15, 0.2) is 5.96 Å². The second-order valence-corrected chi connectivity index (χ2v) is 8.43. The zero-order valence-corrected chi connectivity index (χ0v) is 20.1. The molecule has 1 N–H and O–H groups in total. The number of hydrogen-bond donors (Lipinski definition) is 1. The molecule has 0 aromatic carbocycles. The van der Waals surface area contributed by atoms with Crippen LogP contribution in [-0.2, 0) is 9.53 Å². The van der Waals surface area contributed by atoms with E-state index in [0.29, 0.717) is 24.5 Å². The van der Waals surface area contributed by atoms with Crippen LogP contribution in [0.2, 0.25) is 0 Å². The van der Waals surface area contributed by atoms with Crippen LogP contribution >= 0.6 is 24.0 Å². The predicted octanol–water partition coefficient (Wildman–Crippen LogP) is 3.11. The minimum atomic E-state index is 0. The summed E-state index contributed by atoms with van der Waals surface area (Å²) in [6.07, 6.45) is 8.44. The van der Waals surface area contributed by atoms with Gasteiger partial charge in [-0.25, -0.2) is 0 Å². The second kappa shape index (κ2) is 11.6. The molecule has 0 radical (unpaired) electrons. The Labute approximate surface area is 187 Å². The van der Waals surface area contributed by atoms with Gasteiger partial charge in [0.2, 0.25) is 5.91 Å². The number of nitrogens with one attached hydrogen (secondary N) is 1. The summed E-state index contributed by atoms with van der Waals surface area (Å²) in [4.78, 5) is 22.1. The van der Waals surface area contributed by atoms with Gasteiger partial charge in [-0.15, -0.1) is 24.0 Å². The van der Waals surface area contributed by atoms with Crippen LogP contribution in [0.5, 0.6) is 0 Å². The molecule has 3 aliphatic rings. The van der Waals surface area contributed by atoms with Crippen molar-refractivity contribution < 1.29 is 9.53 Å². The number of nitrogens with zero attached hydrogens (tertiary/aromatic N) is 3. The summed E-state index contributed by atoms with van der Waals surface area (Å²) in [6, 6.07) is 0. The van der Waals surface area contributed by atoms with Crippen molar-refractivity contribution in [3.05, 3.63) is 0 Å². The van der Waals surface area contributed by atoms with Gasteiger partial charge in [-0.1, -0.05) is 19.8 Å². The maximum atomic E-state index is 12.7. The molecule has 1 amide bonds. The van der Waals surface area contributed by atoms with E-state index in [1.807, 2.05) is 4.90 Å². The van der Waals surface area contributed by atoms with Crippen molar-refractivity contribution in [1.29, 1.82) is 0 Å². The molecule has 0 atom stereocenters. The first-order chi connectivity index (χ1) is 13.2. The van der Waals surface area contributed by atoms with Gasteiger partial charge in [-0.3, -0.25) is 9.79 Å². The molecule has 7 heteroatoms. The third-order valence-electron chi connectivity index (χ3n) is 6.78. The molecular formula is C21H39IN4O2. The van der Waals surface area contributed by atoms with E-state index >= 15 is 0 Å². The summed E-state index contributed by atoms with van der Waals surface area (Å²) in [5, 5.41) is 3.49. The molecule has 3 rings (SSSR count). The lowest BCUT2D eigenvalue weighted by molar-refractivity contribution is -0.140. The molecule has 2 aliphatic heterocycles. The Bertz CT molecular complexity index is 509. The molecule has 1 saturated carbocycles. The van der Waals surface area contributed by atoms with E-state index in [9.17, 15) is 4.79 Å². The van der Waals surface area contributed by atoms with Crippen LogP contribution in [0.3, 0.4) is 0 Å². The maximum Gasteiger partial charge on any atom is 0.225 e. The van der Waals surface area contributed by atoms with Crippen molar-refractivity contribution in [3.8, 4) is 0 Å². The number of rotatable bonds is 5. The molecule has 2 heterocycles. The molecule has 28 heavy (non-hydrogen) atoms. The van der Waals surface area contributed by atoms with Crippen LogP contribution in [-0.4, -0.2) is 74.1 Å². The number of amides is 1. The largest absolute Gasteiger partial charge is 0.378 e. The number of ether oxygens (including phenoxy) is 1. The van der Waals surface area contributed by atoms with Crippen LogP contribution in [0, 0.1) is 11.3 Å². The topological polar surface area (TPSA) is 57.2 Å². The van der Waals surface area contributed by atoms with Crippen molar-refractivity contribution in [2.45, 2.75) is 58.8 Å². The highest BCUT2D eigenvalue weighted by Crippen LogP contribution is 2.41. The second-order valence-electron chi connectivity index (χ2n) is 8.43. The highest BCUT2D eigenvalue weighted by molar-refractivity contribution is 14.0. The molecule has 0 bridgehead atoms. The average molecular weight is 506 g/mol. The summed E-state index contributed by atoms with van der Waals surface area (Å²) < 4.78 is 5.37. The van der Waals surface area contributed by atoms with Crippen molar-refractivity contribution in [2.24, 2.45) is 16.3 Å². The number of carbonyl (C=O) groups is 1. The van der Waals surface area contributed by atoms with Crippen LogP contribution in [0.15, 0.2) is 4.99 Å². The normalized spacial score (nSPS) is 23.4. The van der Waals surface area contributed by atoms with Gasteiger partial charge in [-0.05, 0) is 44.4 Å². The fraction of sp³-hybridized carbons (Fsp3) is 0.905. The quantitative estimate of drug-likeness (QED) is 0.354. The number of carbonyl (C=O) groups excluding carboxylic acids is 1. The Balaban J connectivity index is 0.00000280. The number of halogens is 1. The Morgan fingerprint density at radius 3 is 2.29 bits per heavy atom. The van der Waals surface area contributed by atoms with E-state index in [4.69, 9.17) is 9.73 Å². The first-order valence-electron chi connectivity index (χ1n) is 11.1. The predicted molar refractivity (Wildman–Crippen MR) is 124 cm³/mol. The van der Waals surface area contributed by atoms with Gasteiger partial charge in [0, 0.05) is 45.2 Å². The van der Waals surface area contributed by atoms with Crippen molar-refractivity contribution in [3.63, 3.8) is 0 Å². The van der Waals surface area contributed by atoms with Gasteiger partial charge in [-0.2, -0.15) is 0 Å². The van der Waals surface area contributed by atoms with E-state index in [1.54, 1.807) is 0 Å². The lowest BCUT2D eigenvalue weighted by atomic mass is 9.83. The molecule has 0 unspecified atom stereocenters. The van der Waals surface area contributed by atoms with Crippen LogP contribution < -0.4 is 5.32 Å². The SMILES string of the molecule is CCNC(=NCC1(CC)CCCC1)N1CCC(C(=O)N2CCOCC2)CC1.I. The Kier molecular flexibility index (Phi) is 9.80. The van der Waals surface area contributed by atoms with Crippen LogP contribution in [0.4, 0.5) is 0 Å². The van der Waals surface area contributed by atoms with Crippen molar-refractivity contribution >= 4 is 35.8 Å². The van der Waals surface area contributed by atoms with Gasteiger partial charge in [0.05, 0.1) is 13.2 Å². The minimum Gasteiger partial charge on any atom is -0.378 e. The first-order valence-corrected chi connectivity index (χ1v) is 11.1. The number of likely N-dealkylation sites (tertiary alicyclic amines) is 1. The molecule has 0 aromatic rings. The zero-order valence-electron chi connectivity index (χ0n) is 17.8. The fourth-order valence-corrected chi connectivity index (χ4v) is 4.80. The highest BCUT2D eigenvalue weighted by atomic mass is 127.